The van der Waals surface area contributed by atoms with E-state index in [0.717, 1.165) is 13.0 Å². The summed E-state index contributed by atoms with van der Waals surface area (Å²) in [6, 6.07) is 6.26. The molecule has 1 saturated heterocycles. The van der Waals surface area contributed by atoms with Gasteiger partial charge in [-0.2, -0.15) is 0 Å². The zero-order valence-corrected chi connectivity index (χ0v) is 14.3. The van der Waals surface area contributed by atoms with E-state index < -0.39 is 6.10 Å². The monoisotopic (exact) mass is 330 g/mol. The van der Waals surface area contributed by atoms with Crippen molar-refractivity contribution in [3.05, 3.63) is 33.8 Å². The quantitative estimate of drug-likeness (QED) is 0.888. The third kappa shape index (κ3) is 4.11. The van der Waals surface area contributed by atoms with Gasteiger partial charge in [0.15, 0.2) is 0 Å². The number of nitrogens with zero attached hydrogens (tertiary/aromatic N) is 1. The van der Waals surface area contributed by atoms with Crippen LogP contribution >= 0.6 is 23.2 Å². The van der Waals surface area contributed by atoms with Gasteiger partial charge in [0.1, 0.15) is 0 Å². The SMILES string of the molecule is CC1CN(C)C(C)CC1NCC(O)c1c(Cl)cccc1Cl. The number of nitrogens with one attached hydrogen (secondary N) is 1. The summed E-state index contributed by atoms with van der Waals surface area (Å²) in [7, 11) is 2.16. The highest BCUT2D eigenvalue weighted by atomic mass is 35.5. The minimum Gasteiger partial charge on any atom is -0.387 e. The molecular weight excluding hydrogens is 307 g/mol. The molecule has 0 radical (unpaired) electrons. The molecule has 21 heavy (non-hydrogen) atoms. The molecule has 118 valence electrons. The summed E-state index contributed by atoms with van der Waals surface area (Å²) >= 11 is 12.3. The highest BCUT2D eigenvalue weighted by Crippen LogP contribution is 2.30. The van der Waals surface area contributed by atoms with E-state index in [0.29, 0.717) is 40.2 Å². The second-order valence-electron chi connectivity index (χ2n) is 6.17. The maximum absolute atomic E-state index is 10.4. The number of rotatable bonds is 4. The Kier molecular flexibility index (Phi) is 5.92. The molecule has 1 aliphatic heterocycles. The zero-order valence-electron chi connectivity index (χ0n) is 12.8. The molecule has 2 rings (SSSR count). The third-order valence-corrected chi connectivity index (χ3v) is 5.18. The van der Waals surface area contributed by atoms with Crippen molar-refractivity contribution >= 4 is 23.2 Å². The highest BCUT2D eigenvalue weighted by molar-refractivity contribution is 6.36. The molecule has 4 atom stereocenters. The van der Waals surface area contributed by atoms with Gasteiger partial charge in [0.25, 0.3) is 0 Å². The maximum Gasteiger partial charge on any atom is 0.0943 e. The molecule has 0 bridgehead atoms. The van der Waals surface area contributed by atoms with Gasteiger partial charge in [0, 0.05) is 40.8 Å². The van der Waals surface area contributed by atoms with Crippen molar-refractivity contribution in [3.8, 4) is 0 Å². The average molecular weight is 331 g/mol. The van der Waals surface area contributed by atoms with E-state index in [1.165, 1.54) is 0 Å². The largest absolute Gasteiger partial charge is 0.387 e. The summed E-state index contributed by atoms with van der Waals surface area (Å²) < 4.78 is 0. The van der Waals surface area contributed by atoms with Crippen molar-refractivity contribution in [2.45, 2.75) is 38.5 Å². The number of hydrogen-bond acceptors (Lipinski definition) is 3. The lowest BCUT2D eigenvalue weighted by Crippen LogP contribution is -2.51. The first-order chi connectivity index (χ1) is 9.90. The van der Waals surface area contributed by atoms with Crippen LogP contribution in [0.3, 0.4) is 0 Å². The van der Waals surface area contributed by atoms with Crippen LogP contribution in [0.5, 0.6) is 0 Å². The Hall–Kier alpha value is -0.320. The van der Waals surface area contributed by atoms with Gasteiger partial charge in [-0.1, -0.05) is 36.2 Å². The van der Waals surface area contributed by atoms with E-state index in [9.17, 15) is 5.11 Å². The van der Waals surface area contributed by atoms with Gasteiger partial charge < -0.3 is 15.3 Å². The van der Waals surface area contributed by atoms with Gasteiger partial charge >= 0.3 is 0 Å². The van der Waals surface area contributed by atoms with Crippen LogP contribution in [0, 0.1) is 5.92 Å². The number of hydrogen-bond donors (Lipinski definition) is 2. The third-order valence-electron chi connectivity index (χ3n) is 4.52. The summed E-state index contributed by atoms with van der Waals surface area (Å²) in [5.41, 5.74) is 0.613. The number of aliphatic hydroxyl groups excluding tert-OH is 1. The molecule has 1 aromatic rings. The molecule has 0 spiro atoms. The van der Waals surface area contributed by atoms with Gasteiger partial charge in [-0.25, -0.2) is 0 Å². The average Bonchev–Trinajstić information content (AvgIpc) is 2.41. The van der Waals surface area contributed by atoms with Crippen LogP contribution in [0.25, 0.3) is 0 Å². The van der Waals surface area contributed by atoms with Gasteiger partial charge in [0.2, 0.25) is 0 Å². The molecule has 4 unspecified atom stereocenters. The Morgan fingerprint density at radius 2 is 1.95 bits per heavy atom. The van der Waals surface area contributed by atoms with E-state index in [1.54, 1.807) is 18.2 Å². The van der Waals surface area contributed by atoms with E-state index in [-0.39, 0.29) is 0 Å². The van der Waals surface area contributed by atoms with Crippen LogP contribution in [-0.4, -0.2) is 42.2 Å². The zero-order chi connectivity index (χ0) is 15.6. The lowest BCUT2D eigenvalue weighted by molar-refractivity contribution is 0.106. The summed E-state index contributed by atoms with van der Waals surface area (Å²) in [5.74, 6) is 0.556. The van der Waals surface area contributed by atoms with Crippen LogP contribution in [0.4, 0.5) is 0 Å². The first-order valence-electron chi connectivity index (χ1n) is 7.45. The Morgan fingerprint density at radius 3 is 2.57 bits per heavy atom. The number of likely N-dealkylation sites (tertiary alicyclic amines) is 1. The molecular formula is C16H24Cl2N2O. The molecule has 1 fully saturated rings. The first-order valence-corrected chi connectivity index (χ1v) is 8.21. The molecule has 0 aromatic heterocycles. The van der Waals surface area contributed by atoms with Crippen molar-refractivity contribution in [2.75, 3.05) is 20.1 Å². The predicted octanol–water partition coefficient (Wildman–Crippen LogP) is 3.35. The topological polar surface area (TPSA) is 35.5 Å². The number of aliphatic hydroxyl groups is 1. The number of benzene rings is 1. The Labute approximate surface area is 137 Å². The van der Waals surface area contributed by atoms with Crippen LogP contribution < -0.4 is 5.32 Å². The molecule has 1 heterocycles. The van der Waals surface area contributed by atoms with Crippen LogP contribution in [0.1, 0.15) is 31.9 Å². The summed E-state index contributed by atoms with van der Waals surface area (Å²) in [6.45, 7) is 6.02. The van der Waals surface area contributed by atoms with Crippen molar-refractivity contribution < 1.29 is 5.11 Å². The van der Waals surface area contributed by atoms with Gasteiger partial charge in [-0.15, -0.1) is 0 Å². The molecule has 3 nitrogen and oxygen atoms in total. The van der Waals surface area contributed by atoms with Crippen molar-refractivity contribution in [1.82, 2.24) is 10.2 Å². The fourth-order valence-electron chi connectivity index (χ4n) is 3.02. The van der Waals surface area contributed by atoms with E-state index in [2.05, 4.69) is 31.1 Å². The predicted molar refractivity (Wildman–Crippen MR) is 89.1 cm³/mol. The Morgan fingerprint density at radius 1 is 1.33 bits per heavy atom. The fraction of sp³-hybridized carbons (Fsp3) is 0.625. The van der Waals surface area contributed by atoms with Crippen molar-refractivity contribution in [1.29, 1.82) is 0 Å². The molecule has 2 N–H and O–H groups in total. The lowest BCUT2D eigenvalue weighted by Gasteiger charge is -2.40. The summed E-state index contributed by atoms with van der Waals surface area (Å²) in [4.78, 5) is 2.38. The van der Waals surface area contributed by atoms with Crippen LogP contribution in [0.2, 0.25) is 10.0 Å². The minimum absolute atomic E-state index is 0.409. The normalized spacial score (nSPS) is 28.6. The molecule has 1 aromatic carbocycles. The van der Waals surface area contributed by atoms with Crippen molar-refractivity contribution in [2.24, 2.45) is 5.92 Å². The summed E-state index contributed by atoms with van der Waals surface area (Å²) in [5, 5.41) is 14.9. The fourth-order valence-corrected chi connectivity index (χ4v) is 3.67. The number of halogens is 2. The lowest BCUT2D eigenvalue weighted by atomic mass is 9.89. The molecule has 0 amide bonds. The standard InChI is InChI=1S/C16H24Cl2N2O/c1-10-9-20(3)11(2)7-14(10)19-8-15(21)16-12(17)5-4-6-13(16)18/h4-6,10-11,14-15,19,21H,7-9H2,1-3H3. The molecule has 1 aliphatic rings. The van der Waals surface area contributed by atoms with Gasteiger partial charge in [-0.05, 0) is 38.4 Å². The van der Waals surface area contributed by atoms with Crippen LogP contribution in [0.15, 0.2) is 18.2 Å². The van der Waals surface area contributed by atoms with Gasteiger partial charge in [0.05, 0.1) is 6.10 Å². The minimum atomic E-state index is -0.687. The van der Waals surface area contributed by atoms with Crippen molar-refractivity contribution in [3.63, 3.8) is 0 Å². The first kappa shape index (κ1) is 17.0. The highest BCUT2D eigenvalue weighted by Gasteiger charge is 2.29. The molecule has 0 aliphatic carbocycles. The summed E-state index contributed by atoms with van der Waals surface area (Å²) in [6.07, 6.45) is 0.397. The maximum atomic E-state index is 10.4. The molecule has 5 heteroatoms. The van der Waals surface area contributed by atoms with Gasteiger partial charge in [-0.3, -0.25) is 0 Å². The van der Waals surface area contributed by atoms with E-state index >= 15 is 0 Å². The molecule has 0 saturated carbocycles. The number of piperidine rings is 1. The van der Waals surface area contributed by atoms with E-state index in [4.69, 9.17) is 23.2 Å². The Balaban J connectivity index is 1.96. The van der Waals surface area contributed by atoms with E-state index in [1.807, 2.05) is 0 Å². The second kappa shape index (κ2) is 7.30. The smallest absolute Gasteiger partial charge is 0.0943 e. The Bertz CT molecular complexity index is 463. The second-order valence-corrected chi connectivity index (χ2v) is 6.98. The van der Waals surface area contributed by atoms with Crippen LogP contribution in [-0.2, 0) is 0 Å².